The van der Waals surface area contributed by atoms with Crippen molar-refractivity contribution >= 4 is 11.9 Å². The van der Waals surface area contributed by atoms with Gasteiger partial charge in [0.05, 0.1) is 12.8 Å². The van der Waals surface area contributed by atoms with E-state index >= 15 is 0 Å². The quantitative estimate of drug-likeness (QED) is 0.136. The minimum absolute atomic E-state index is 0.0934. The highest BCUT2D eigenvalue weighted by atomic mass is 16.5. The molecule has 0 spiro atoms. The zero-order valence-corrected chi connectivity index (χ0v) is 27.6. The molecule has 0 saturated heterocycles. The van der Waals surface area contributed by atoms with Crippen molar-refractivity contribution in [3.63, 3.8) is 0 Å². The molecule has 0 N–H and O–H groups in total. The van der Waals surface area contributed by atoms with Crippen molar-refractivity contribution in [2.24, 2.45) is 34.5 Å². The molecular weight excluding hydrogens is 472 g/mol. The van der Waals surface area contributed by atoms with Crippen LogP contribution in [-0.4, -0.2) is 24.1 Å². The summed E-state index contributed by atoms with van der Waals surface area (Å²) in [4.78, 5) is 25.6. The Morgan fingerprint density at radius 1 is 0.500 bits per heavy atom. The van der Waals surface area contributed by atoms with Gasteiger partial charge in [-0.25, -0.2) is 0 Å². The smallest absolute Gasteiger partial charge is 0.306 e. The van der Waals surface area contributed by atoms with Gasteiger partial charge in [0, 0.05) is 0 Å². The van der Waals surface area contributed by atoms with Gasteiger partial charge >= 0.3 is 11.9 Å². The number of rotatable bonds is 21. The Hall–Kier alpha value is -1.06. The maximum Gasteiger partial charge on any atom is 0.306 e. The predicted octanol–water partition coefficient (Wildman–Crippen LogP) is 10.2. The summed E-state index contributed by atoms with van der Waals surface area (Å²) in [6.07, 6.45) is 10.2. The van der Waals surface area contributed by atoms with Crippen molar-refractivity contribution in [3.05, 3.63) is 0 Å². The van der Waals surface area contributed by atoms with Crippen molar-refractivity contribution in [1.29, 1.82) is 0 Å². The molecule has 226 valence electrons. The third-order valence-corrected chi connectivity index (χ3v) is 8.23. The Balaban J connectivity index is 5.12. The fraction of sp³-hybridized carbons (Fsp3) is 0.941. The van der Waals surface area contributed by atoms with Crippen molar-refractivity contribution < 1.29 is 19.1 Å². The second kappa shape index (κ2) is 18.3. The molecule has 0 heterocycles. The standard InChI is InChI=1S/C34H66O4/c1-13-29(23-33(15-3,19-25(5)6)20-26(7)8)37-31(35)17-18-32(36)38-30(14-2)24-34(16-4,21-27(9)10)22-28(11)12/h25-30H,13-24H2,1-12H3. The number of hydrogen-bond donors (Lipinski definition) is 0. The summed E-state index contributed by atoms with van der Waals surface area (Å²) in [7, 11) is 0. The topological polar surface area (TPSA) is 52.6 Å². The molecule has 2 atom stereocenters. The molecule has 0 fully saturated rings. The highest BCUT2D eigenvalue weighted by Gasteiger charge is 2.35. The first-order valence-electron chi connectivity index (χ1n) is 16.0. The van der Waals surface area contributed by atoms with Crippen molar-refractivity contribution in [2.45, 2.75) is 172 Å². The molecule has 0 aliphatic carbocycles. The van der Waals surface area contributed by atoms with E-state index in [-0.39, 0.29) is 47.8 Å². The number of esters is 2. The number of ether oxygens (including phenoxy) is 2. The van der Waals surface area contributed by atoms with Crippen LogP contribution >= 0.6 is 0 Å². The van der Waals surface area contributed by atoms with E-state index in [0.717, 1.165) is 64.2 Å². The molecule has 0 bridgehead atoms. The minimum atomic E-state index is -0.275. The number of hydrogen-bond acceptors (Lipinski definition) is 4. The van der Waals surface area contributed by atoms with Gasteiger partial charge in [0.1, 0.15) is 12.2 Å². The van der Waals surface area contributed by atoms with E-state index in [1.165, 1.54) is 0 Å². The van der Waals surface area contributed by atoms with E-state index in [1.54, 1.807) is 0 Å². The molecule has 38 heavy (non-hydrogen) atoms. The molecule has 0 aliphatic rings. The highest BCUT2D eigenvalue weighted by molar-refractivity contribution is 5.77. The first-order chi connectivity index (χ1) is 17.6. The van der Waals surface area contributed by atoms with Crippen LogP contribution in [-0.2, 0) is 19.1 Å². The summed E-state index contributed by atoms with van der Waals surface area (Å²) in [6, 6.07) is 0. The summed E-state index contributed by atoms with van der Waals surface area (Å²) in [5.74, 6) is 1.88. The van der Waals surface area contributed by atoms with Crippen LogP contribution in [0.2, 0.25) is 0 Å². The van der Waals surface area contributed by atoms with Crippen LogP contribution in [0.15, 0.2) is 0 Å². The van der Waals surface area contributed by atoms with Gasteiger partial charge in [-0.2, -0.15) is 0 Å². The fourth-order valence-corrected chi connectivity index (χ4v) is 7.03. The van der Waals surface area contributed by atoms with Gasteiger partial charge in [-0.1, -0.05) is 95.9 Å². The Labute approximate surface area is 237 Å². The lowest BCUT2D eigenvalue weighted by Crippen LogP contribution is -2.32. The first-order valence-corrected chi connectivity index (χ1v) is 16.0. The molecule has 0 radical (unpaired) electrons. The zero-order valence-electron chi connectivity index (χ0n) is 27.6. The van der Waals surface area contributed by atoms with Crippen LogP contribution in [0.25, 0.3) is 0 Å². The number of carbonyl (C=O) groups is 2. The average molecular weight is 539 g/mol. The molecule has 2 unspecified atom stereocenters. The monoisotopic (exact) mass is 538 g/mol. The van der Waals surface area contributed by atoms with Gasteiger partial charge in [-0.15, -0.1) is 0 Å². The molecule has 0 saturated carbocycles. The SMILES string of the molecule is CCC(CC(CC)(CC(C)C)CC(C)C)OC(=O)CCC(=O)OC(CC)CC(CC)(CC(C)C)CC(C)C. The predicted molar refractivity (Wildman–Crippen MR) is 162 cm³/mol. The minimum Gasteiger partial charge on any atom is -0.462 e. The van der Waals surface area contributed by atoms with Gasteiger partial charge in [0.15, 0.2) is 0 Å². The third kappa shape index (κ3) is 14.9. The van der Waals surface area contributed by atoms with E-state index in [0.29, 0.717) is 23.7 Å². The molecule has 0 aromatic rings. The van der Waals surface area contributed by atoms with Gasteiger partial charge in [0.2, 0.25) is 0 Å². The Morgan fingerprint density at radius 2 is 0.763 bits per heavy atom. The lowest BCUT2D eigenvalue weighted by molar-refractivity contribution is -0.158. The maximum absolute atomic E-state index is 12.8. The third-order valence-electron chi connectivity index (χ3n) is 8.23. The van der Waals surface area contributed by atoms with Crippen LogP contribution in [0.3, 0.4) is 0 Å². The van der Waals surface area contributed by atoms with E-state index in [2.05, 4.69) is 83.1 Å². The number of carbonyl (C=O) groups excluding carboxylic acids is 2. The summed E-state index contributed by atoms with van der Waals surface area (Å²) in [5, 5.41) is 0. The van der Waals surface area contributed by atoms with Crippen LogP contribution in [0.4, 0.5) is 0 Å². The van der Waals surface area contributed by atoms with Gasteiger partial charge in [-0.05, 0) is 85.9 Å². The average Bonchev–Trinajstić information content (AvgIpc) is 2.79. The molecule has 0 amide bonds. The van der Waals surface area contributed by atoms with Crippen molar-refractivity contribution in [3.8, 4) is 0 Å². The van der Waals surface area contributed by atoms with Gasteiger partial charge in [0.25, 0.3) is 0 Å². The summed E-state index contributed by atoms with van der Waals surface area (Å²) < 4.78 is 11.9. The first kappa shape index (κ1) is 36.9. The van der Waals surface area contributed by atoms with E-state index in [4.69, 9.17) is 9.47 Å². The van der Waals surface area contributed by atoms with Crippen LogP contribution < -0.4 is 0 Å². The van der Waals surface area contributed by atoms with Crippen LogP contribution in [0, 0.1) is 34.5 Å². The normalized spacial score (nSPS) is 14.4. The summed E-state index contributed by atoms with van der Waals surface area (Å²) >= 11 is 0. The molecule has 0 aliphatic heterocycles. The molecule has 4 nitrogen and oxygen atoms in total. The lowest BCUT2D eigenvalue weighted by atomic mass is 9.69. The van der Waals surface area contributed by atoms with E-state index < -0.39 is 0 Å². The maximum atomic E-state index is 12.8. The Morgan fingerprint density at radius 3 is 0.947 bits per heavy atom. The van der Waals surface area contributed by atoms with E-state index in [1.807, 2.05) is 0 Å². The molecule has 0 aromatic carbocycles. The second-order valence-corrected chi connectivity index (χ2v) is 14.0. The van der Waals surface area contributed by atoms with Crippen molar-refractivity contribution in [2.75, 3.05) is 0 Å². The molecule has 4 heteroatoms. The second-order valence-electron chi connectivity index (χ2n) is 14.0. The molecule has 0 rings (SSSR count). The van der Waals surface area contributed by atoms with Crippen LogP contribution in [0.5, 0.6) is 0 Å². The van der Waals surface area contributed by atoms with Crippen molar-refractivity contribution in [1.82, 2.24) is 0 Å². The van der Waals surface area contributed by atoms with Gasteiger partial charge < -0.3 is 9.47 Å². The molecule has 0 aromatic heterocycles. The zero-order chi connectivity index (χ0) is 29.5. The summed E-state index contributed by atoms with van der Waals surface area (Å²) in [6.45, 7) is 27.0. The Kier molecular flexibility index (Phi) is 17.8. The largest absolute Gasteiger partial charge is 0.462 e. The Bertz CT molecular complexity index is 573. The highest BCUT2D eigenvalue weighted by Crippen LogP contribution is 2.43. The lowest BCUT2D eigenvalue weighted by Gasteiger charge is -2.39. The summed E-state index contributed by atoms with van der Waals surface area (Å²) in [5.41, 5.74) is 0.378. The van der Waals surface area contributed by atoms with E-state index in [9.17, 15) is 9.59 Å². The van der Waals surface area contributed by atoms with Gasteiger partial charge in [-0.3, -0.25) is 9.59 Å². The molecular formula is C34H66O4. The van der Waals surface area contributed by atoms with Crippen LogP contribution in [0.1, 0.15) is 160 Å². The fourth-order valence-electron chi connectivity index (χ4n) is 7.03.